The van der Waals surface area contributed by atoms with E-state index in [0.717, 1.165) is 0 Å². The second-order valence-corrected chi connectivity index (χ2v) is 10.3. The van der Waals surface area contributed by atoms with Gasteiger partial charge in [-0.15, -0.1) is 0 Å². The summed E-state index contributed by atoms with van der Waals surface area (Å²) in [6, 6.07) is 48.6. The molecular weight excluding hydrogens is 455 g/mol. The van der Waals surface area contributed by atoms with Gasteiger partial charge in [0.15, 0.2) is 0 Å². The van der Waals surface area contributed by atoms with E-state index < -0.39 is 0 Å². The Morgan fingerprint density at radius 3 is 1.05 bits per heavy atom. The Morgan fingerprint density at radius 1 is 0.395 bits per heavy atom. The molecule has 0 nitrogen and oxygen atoms in total. The number of hydrogen-bond acceptors (Lipinski definition) is 0. The van der Waals surface area contributed by atoms with Crippen LogP contribution in [0.25, 0.3) is 22.1 Å². The molecule has 0 N–H and O–H groups in total. The summed E-state index contributed by atoms with van der Waals surface area (Å²) in [5, 5.41) is 0. The average Bonchev–Trinajstić information content (AvgIpc) is 3.30. The summed E-state index contributed by atoms with van der Waals surface area (Å²) in [7, 11) is 0. The van der Waals surface area contributed by atoms with E-state index in [1.54, 1.807) is 0 Å². The first-order valence-corrected chi connectivity index (χ1v) is 13.4. The normalized spacial score (nSPS) is 13.9. The first kappa shape index (κ1) is 24.0. The Balaban J connectivity index is 1.81. The Bertz CT molecular complexity index is 1520. The lowest BCUT2D eigenvalue weighted by Gasteiger charge is -2.36. The predicted molar refractivity (Wildman–Crippen MR) is 165 cm³/mol. The zero-order chi connectivity index (χ0) is 26.1. The molecule has 0 saturated carbocycles. The highest BCUT2D eigenvalue weighted by Gasteiger charge is 2.29. The molecule has 0 spiro atoms. The van der Waals surface area contributed by atoms with Crippen LogP contribution < -0.4 is 5.46 Å². The molecule has 0 saturated heterocycles. The van der Waals surface area contributed by atoms with Gasteiger partial charge in [-0.25, -0.2) is 16.4 Å². The molecule has 1 aliphatic rings. The number of allylic oxidation sites excluding steroid dienone is 2. The Labute approximate surface area is 227 Å². The molecule has 0 aromatic heterocycles. The molecule has 0 bridgehead atoms. The van der Waals surface area contributed by atoms with Gasteiger partial charge in [-0.05, 0) is 38.6 Å². The van der Waals surface area contributed by atoms with E-state index in [1.807, 2.05) is 0 Å². The third-order valence-corrected chi connectivity index (χ3v) is 7.69. The van der Waals surface area contributed by atoms with Crippen LogP contribution in [0.1, 0.15) is 38.9 Å². The fourth-order valence-electron chi connectivity index (χ4n) is 6.30. The van der Waals surface area contributed by atoms with Crippen molar-refractivity contribution in [2.24, 2.45) is 0 Å². The van der Waals surface area contributed by atoms with Gasteiger partial charge in [-0.2, -0.15) is 0 Å². The topological polar surface area (TPSA) is 0 Å². The van der Waals surface area contributed by atoms with Crippen LogP contribution in [-0.4, -0.2) is 6.71 Å². The smallest absolute Gasteiger partial charge is 0.0211 e. The predicted octanol–water partition coefficient (Wildman–Crippen LogP) is 8.63. The lowest BCUT2D eigenvalue weighted by Crippen LogP contribution is -2.36. The summed E-state index contributed by atoms with van der Waals surface area (Å²) >= 11 is 0. The lowest BCUT2D eigenvalue weighted by atomic mass is 9.34. The third-order valence-electron chi connectivity index (χ3n) is 7.69. The molecule has 38 heavy (non-hydrogen) atoms. The van der Waals surface area contributed by atoms with Crippen LogP contribution in [0.4, 0.5) is 0 Å². The van der Waals surface area contributed by atoms with Crippen molar-refractivity contribution < 1.29 is 0 Å². The van der Waals surface area contributed by atoms with E-state index in [9.17, 15) is 0 Å². The maximum atomic E-state index is 2.34. The molecular formula is C37H31B-. The van der Waals surface area contributed by atoms with E-state index in [-0.39, 0.29) is 6.71 Å². The number of benzene rings is 5. The molecule has 6 rings (SSSR count). The standard InChI is InChI=1S/C37H31B/c1-26-24-27(2)35(28(3)25-26)38-36(31-20-12-6-13-21-31)33(29-16-8-4-9-17-29)34(30-18-10-5-11-19-30)37(38)32-22-14-7-15-23-32/h4-25H,1-3H3/q-1. The average molecular weight is 486 g/mol. The van der Waals surface area contributed by atoms with Crippen LogP contribution in [0.15, 0.2) is 133 Å². The van der Waals surface area contributed by atoms with Crippen molar-refractivity contribution in [2.45, 2.75) is 20.8 Å². The molecule has 0 aliphatic carbocycles. The van der Waals surface area contributed by atoms with Crippen molar-refractivity contribution in [3.63, 3.8) is 0 Å². The van der Waals surface area contributed by atoms with Gasteiger partial charge >= 0.3 is 0 Å². The summed E-state index contributed by atoms with van der Waals surface area (Å²) in [6.45, 7) is 6.86. The van der Waals surface area contributed by atoms with Gasteiger partial charge in [0.1, 0.15) is 0 Å². The van der Waals surface area contributed by atoms with Gasteiger partial charge in [0, 0.05) is 0 Å². The molecule has 0 atom stereocenters. The Kier molecular flexibility index (Phi) is 6.44. The van der Waals surface area contributed by atoms with Gasteiger partial charge in [0.2, 0.25) is 0 Å². The van der Waals surface area contributed by atoms with Crippen LogP contribution >= 0.6 is 0 Å². The number of rotatable bonds is 5. The molecule has 5 aromatic rings. The molecule has 183 valence electrons. The maximum Gasteiger partial charge on any atom is -0.0211 e. The first-order chi connectivity index (χ1) is 18.6. The summed E-state index contributed by atoms with van der Waals surface area (Å²) in [4.78, 5) is 0. The van der Waals surface area contributed by atoms with E-state index in [0.29, 0.717) is 0 Å². The van der Waals surface area contributed by atoms with Gasteiger partial charge < -0.3 is 0 Å². The van der Waals surface area contributed by atoms with E-state index in [2.05, 4.69) is 154 Å². The fourth-order valence-corrected chi connectivity index (χ4v) is 6.30. The van der Waals surface area contributed by atoms with Crippen LogP contribution in [0.3, 0.4) is 0 Å². The van der Waals surface area contributed by atoms with Gasteiger partial charge in [-0.3, -0.25) is 0 Å². The van der Waals surface area contributed by atoms with Crippen molar-refractivity contribution >= 4 is 34.3 Å². The zero-order valence-electron chi connectivity index (χ0n) is 22.3. The molecule has 0 amide bonds. The molecule has 1 heterocycles. The largest absolute Gasteiger partial charge is 0.227 e. The molecule has 1 radical (unpaired) electrons. The minimum atomic E-state index is 0.103. The number of aryl methyl sites for hydroxylation is 3. The molecule has 5 aromatic carbocycles. The van der Waals surface area contributed by atoms with Crippen LogP contribution in [0.2, 0.25) is 0 Å². The van der Waals surface area contributed by atoms with Gasteiger partial charge in [0.25, 0.3) is 0 Å². The minimum Gasteiger partial charge on any atom is -0.227 e. The van der Waals surface area contributed by atoms with Gasteiger partial charge in [-0.1, -0.05) is 172 Å². The highest BCUT2D eigenvalue weighted by molar-refractivity contribution is 7.08. The highest BCUT2D eigenvalue weighted by Crippen LogP contribution is 2.51. The SMILES string of the molecule is Cc1cc(C)c([B-]2C(c3ccccc3)=C(c3ccccc3)C(c3ccccc3)=C2c2ccccc2)c(C)c1. The van der Waals surface area contributed by atoms with Crippen LogP contribution in [0.5, 0.6) is 0 Å². The second kappa shape index (κ2) is 10.2. The fraction of sp³-hybridized carbons (Fsp3) is 0.0811. The summed E-state index contributed by atoms with van der Waals surface area (Å²) in [6.07, 6.45) is 0. The van der Waals surface area contributed by atoms with E-state index in [4.69, 9.17) is 0 Å². The van der Waals surface area contributed by atoms with Crippen molar-refractivity contribution in [2.75, 3.05) is 0 Å². The van der Waals surface area contributed by atoms with E-state index >= 15 is 0 Å². The quantitative estimate of drug-likeness (QED) is 0.218. The Morgan fingerprint density at radius 2 is 0.711 bits per heavy atom. The Hall–Kier alpha value is -4.36. The summed E-state index contributed by atoms with van der Waals surface area (Å²) < 4.78 is 0. The molecule has 0 unspecified atom stereocenters. The second-order valence-electron chi connectivity index (χ2n) is 10.3. The van der Waals surface area contributed by atoms with Crippen LogP contribution in [0, 0.1) is 20.8 Å². The van der Waals surface area contributed by atoms with Gasteiger partial charge in [0.05, 0.1) is 0 Å². The highest BCUT2D eigenvalue weighted by atomic mass is 14.3. The molecule has 1 aliphatic heterocycles. The number of hydrogen-bond donors (Lipinski definition) is 0. The third kappa shape index (κ3) is 4.25. The molecule has 1 heteroatoms. The first-order valence-electron chi connectivity index (χ1n) is 13.4. The van der Waals surface area contributed by atoms with Crippen LogP contribution in [-0.2, 0) is 0 Å². The summed E-state index contributed by atoms with van der Waals surface area (Å²) in [5.41, 5.74) is 15.9. The van der Waals surface area contributed by atoms with E-state index in [1.165, 1.54) is 66.5 Å². The maximum absolute atomic E-state index is 2.34. The minimum absolute atomic E-state index is 0.103. The van der Waals surface area contributed by atoms with Crippen molar-refractivity contribution in [3.8, 4) is 0 Å². The van der Waals surface area contributed by atoms with Crippen molar-refractivity contribution in [1.29, 1.82) is 0 Å². The van der Waals surface area contributed by atoms with Crippen molar-refractivity contribution in [1.82, 2.24) is 0 Å². The summed E-state index contributed by atoms with van der Waals surface area (Å²) in [5.74, 6) is 0. The lowest BCUT2D eigenvalue weighted by molar-refractivity contribution is 1.35. The monoisotopic (exact) mass is 486 g/mol. The zero-order valence-corrected chi connectivity index (χ0v) is 22.3. The molecule has 0 fully saturated rings. The van der Waals surface area contributed by atoms with Crippen molar-refractivity contribution in [3.05, 3.63) is 172 Å².